The molecule has 0 heterocycles. The molecule has 5 heteroatoms. The van der Waals surface area contributed by atoms with Gasteiger partial charge in [0.05, 0.1) is 6.07 Å². The molecule has 0 bridgehead atoms. The monoisotopic (exact) mass is 300 g/mol. The highest BCUT2D eigenvalue weighted by Crippen LogP contribution is 2.33. The van der Waals surface area contributed by atoms with Crippen LogP contribution in [0.25, 0.3) is 6.08 Å². The third kappa shape index (κ3) is 3.99. The Hall–Kier alpha value is -2.48. The summed E-state index contributed by atoms with van der Waals surface area (Å²) in [6, 6.07) is 11.9. The van der Waals surface area contributed by atoms with Crippen molar-refractivity contribution in [2.75, 3.05) is 0 Å². The lowest BCUT2D eigenvalue weighted by molar-refractivity contribution is 0.410. The van der Waals surface area contributed by atoms with Gasteiger partial charge < -0.3 is 15.6 Å². The van der Waals surface area contributed by atoms with Crippen molar-refractivity contribution in [2.24, 2.45) is 5.73 Å². The number of nitriles is 1. The molecule has 4 nitrogen and oxygen atoms in total. The van der Waals surface area contributed by atoms with E-state index in [4.69, 9.17) is 27.3 Å². The van der Waals surface area contributed by atoms with Crippen molar-refractivity contribution in [1.82, 2.24) is 0 Å². The molecule has 0 unspecified atom stereocenters. The van der Waals surface area contributed by atoms with Gasteiger partial charge in [0.15, 0.2) is 11.5 Å². The summed E-state index contributed by atoms with van der Waals surface area (Å²) in [6.07, 6.45) is 2.97. The van der Waals surface area contributed by atoms with Gasteiger partial charge in [0.25, 0.3) is 0 Å². The summed E-state index contributed by atoms with van der Waals surface area (Å²) in [6.45, 7) is 0.341. The number of phenols is 1. The third-order valence-electron chi connectivity index (χ3n) is 2.73. The summed E-state index contributed by atoms with van der Waals surface area (Å²) in [5.41, 5.74) is 7.05. The number of nitrogens with two attached hydrogens (primary N) is 1. The molecule has 0 fully saturated rings. The molecule has 0 aromatic heterocycles. The molecule has 0 spiro atoms. The number of halogens is 1. The molecule has 0 amide bonds. The Morgan fingerprint density at radius 3 is 2.76 bits per heavy atom. The maximum Gasteiger partial charge on any atom is 0.169 e. The van der Waals surface area contributed by atoms with E-state index < -0.39 is 0 Å². The number of rotatable bonds is 4. The van der Waals surface area contributed by atoms with Gasteiger partial charge in [0.2, 0.25) is 0 Å². The molecular formula is C16H13ClN2O2. The molecule has 0 aliphatic rings. The summed E-state index contributed by atoms with van der Waals surface area (Å²) < 4.78 is 5.62. The molecular weight excluding hydrogens is 288 g/mol. The fraction of sp³-hybridized carbons (Fsp3) is 0.0625. The van der Waals surface area contributed by atoms with Gasteiger partial charge in [-0.3, -0.25) is 0 Å². The predicted octanol–water partition coefficient (Wildman–Crippen LogP) is 3.83. The molecule has 0 aliphatic heterocycles. The Labute approximate surface area is 127 Å². The summed E-state index contributed by atoms with van der Waals surface area (Å²) in [4.78, 5) is 0. The molecule has 2 aromatic rings. The molecule has 21 heavy (non-hydrogen) atoms. The van der Waals surface area contributed by atoms with Gasteiger partial charge >= 0.3 is 0 Å². The van der Waals surface area contributed by atoms with E-state index in [1.807, 2.05) is 6.07 Å². The van der Waals surface area contributed by atoms with E-state index in [-0.39, 0.29) is 5.75 Å². The van der Waals surface area contributed by atoms with Gasteiger partial charge in [0, 0.05) is 17.6 Å². The Morgan fingerprint density at radius 1 is 1.29 bits per heavy atom. The normalized spacial score (nSPS) is 10.5. The summed E-state index contributed by atoms with van der Waals surface area (Å²) in [5, 5.41) is 18.9. The van der Waals surface area contributed by atoms with Crippen molar-refractivity contribution in [2.45, 2.75) is 6.54 Å². The number of phenolic OH excluding ortho intramolecular Hbond substituents is 1. The van der Waals surface area contributed by atoms with Gasteiger partial charge in [-0.25, -0.2) is 0 Å². The Morgan fingerprint density at radius 2 is 2.10 bits per heavy atom. The first-order chi connectivity index (χ1) is 10.1. The number of benzene rings is 2. The summed E-state index contributed by atoms with van der Waals surface area (Å²) in [7, 11) is 0. The number of ether oxygens (including phenoxy) is 1. The van der Waals surface area contributed by atoms with Crippen LogP contribution in [0, 0.1) is 11.3 Å². The average Bonchev–Trinajstić information content (AvgIpc) is 2.46. The van der Waals surface area contributed by atoms with Crippen LogP contribution < -0.4 is 10.5 Å². The molecule has 2 aromatic carbocycles. The largest absolute Gasteiger partial charge is 0.504 e. The number of nitrogens with zero attached hydrogens (tertiary/aromatic N) is 1. The summed E-state index contributed by atoms with van der Waals surface area (Å²) >= 11 is 6.01. The van der Waals surface area contributed by atoms with Gasteiger partial charge in [-0.15, -0.1) is 0 Å². The maximum absolute atomic E-state index is 9.89. The van der Waals surface area contributed by atoms with Crippen LogP contribution in [-0.4, -0.2) is 5.11 Å². The minimum absolute atomic E-state index is 0.00652. The third-order valence-corrected chi connectivity index (χ3v) is 2.95. The van der Waals surface area contributed by atoms with Crippen LogP contribution >= 0.6 is 11.6 Å². The Balaban J connectivity index is 2.29. The molecule has 0 aliphatic carbocycles. The van der Waals surface area contributed by atoms with Crippen LogP contribution in [-0.2, 0) is 6.54 Å². The first-order valence-corrected chi connectivity index (χ1v) is 6.56. The molecule has 0 saturated carbocycles. The zero-order chi connectivity index (χ0) is 15.2. The minimum atomic E-state index is 0.00652. The molecule has 0 radical (unpaired) electrons. The van der Waals surface area contributed by atoms with Gasteiger partial charge in [0.1, 0.15) is 5.75 Å². The fourth-order valence-corrected chi connectivity index (χ4v) is 2.01. The number of allylic oxidation sites excluding steroid dienone is 1. The quantitative estimate of drug-likeness (QED) is 0.841. The van der Waals surface area contributed by atoms with E-state index in [0.29, 0.717) is 23.1 Å². The number of hydrogen-bond acceptors (Lipinski definition) is 4. The van der Waals surface area contributed by atoms with Crippen molar-refractivity contribution < 1.29 is 9.84 Å². The van der Waals surface area contributed by atoms with Crippen LogP contribution in [0.15, 0.2) is 42.5 Å². The van der Waals surface area contributed by atoms with Crippen molar-refractivity contribution >= 4 is 17.7 Å². The zero-order valence-corrected chi connectivity index (χ0v) is 11.8. The average molecular weight is 301 g/mol. The lowest BCUT2D eigenvalue weighted by Crippen LogP contribution is -1.96. The second-order valence-electron chi connectivity index (χ2n) is 4.29. The van der Waals surface area contributed by atoms with Crippen LogP contribution in [0.5, 0.6) is 17.2 Å². The van der Waals surface area contributed by atoms with Crippen LogP contribution in [0.1, 0.15) is 11.1 Å². The van der Waals surface area contributed by atoms with E-state index in [2.05, 4.69) is 0 Å². The van der Waals surface area contributed by atoms with Gasteiger partial charge in [-0.2, -0.15) is 5.26 Å². The number of aromatic hydroxyl groups is 1. The predicted molar refractivity (Wildman–Crippen MR) is 82.2 cm³/mol. The lowest BCUT2D eigenvalue weighted by atomic mass is 10.2. The lowest BCUT2D eigenvalue weighted by Gasteiger charge is -2.10. The first kappa shape index (κ1) is 14.9. The standard InChI is InChI=1S/C16H13ClN2O2/c17-13-6-11(2-1-5-18)7-14(9-13)21-16-4-3-12(10-19)8-15(16)20/h1-4,6-9,20H,10,19H2/b2-1+. The van der Waals surface area contributed by atoms with E-state index >= 15 is 0 Å². The maximum atomic E-state index is 9.89. The molecule has 106 valence electrons. The molecule has 0 saturated heterocycles. The van der Waals surface area contributed by atoms with Gasteiger partial charge in [-0.05, 0) is 47.5 Å². The van der Waals surface area contributed by atoms with Crippen LogP contribution in [0.2, 0.25) is 5.02 Å². The molecule has 0 atom stereocenters. The Kier molecular flexibility index (Phi) is 4.83. The highest BCUT2D eigenvalue weighted by Gasteiger charge is 2.06. The molecule has 3 N–H and O–H groups in total. The Bertz CT molecular complexity index is 721. The van der Waals surface area contributed by atoms with Crippen molar-refractivity contribution in [3.63, 3.8) is 0 Å². The highest BCUT2D eigenvalue weighted by molar-refractivity contribution is 6.30. The second kappa shape index (κ2) is 6.80. The van der Waals surface area contributed by atoms with E-state index in [0.717, 1.165) is 11.1 Å². The summed E-state index contributed by atoms with van der Waals surface area (Å²) in [5.74, 6) is 0.785. The second-order valence-corrected chi connectivity index (χ2v) is 4.73. The zero-order valence-electron chi connectivity index (χ0n) is 11.1. The minimum Gasteiger partial charge on any atom is -0.504 e. The van der Waals surface area contributed by atoms with Crippen molar-refractivity contribution in [1.29, 1.82) is 5.26 Å². The van der Waals surface area contributed by atoms with E-state index in [1.54, 1.807) is 42.5 Å². The van der Waals surface area contributed by atoms with Gasteiger partial charge in [-0.1, -0.05) is 17.7 Å². The first-order valence-electron chi connectivity index (χ1n) is 6.19. The van der Waals surface area contributed by atoms with E-state index in [1.165, 1.54) is 6.08 Å². The smallest absolute Gasteiger partial charge is 0.169 e. The fourth-order valence-electron chi connectivity index (χ4n) is 1.78. The van der Waals surface area contributed by atoms with Crippen LogP contribution in [0.4, 0.5) is 0 Å². The van der Waals surface area contributed by atoms with Crippen molar-refractivity contribution in [3.8, 4) is 23.3 Å². The van der Waals surface area contributed by atoms with Crippen LogP contribution in [0.3, 0.4) is 0 Å². The molecule has 2 rings (SSSR count). The topological polar surface area (TPSA) is 79.3 Å². The van der Waals surface area contributed by atoms with Crippen molar-refractivity contribution in [3.05, 3.63) is 58.6 Å². The SMILES string of the molecule is N#C/C=C/c1cc(Cl)cc(Oc2ccc(CN)cc2O)c1. The van der Waals surface area contributed by atoms with E-state index in [9.17, 15) is 5.11 Å². The highest BCUT2D eigenvalue weighted by atomic mass is 35.5. The number of hydrogen-bond donors (Lipinski definition) is 2.